The smallest absolute Gasteiger partial charge is 0.254 e. The van der Waals surface area contributed by atoms with Gasteiger partial charge in [-0.2, -0.15) is 0 Å². The van der Waals surface area contributed by atoms with Crippen LogP contribution in [0.3, 0.4) is 0 Å². The molecule has 0 saturated carbocycles. The van der Waals surface area contributed by atoms with Crippen molar-refractivity contribution in [2.24, 2.45) is 0 Å². The van der Waals surface area contributed by atoms with E-state index in [1.165, 1.54) is 28.4 Å². The number of rotatable bonds is 5. The van der Waals surface area contributed by atoms with Gasteiger partial charge in [0, 0.05) is 12.6 Å². The van der Waals surface area contributed by atoms with Crippen molar-refractivity contribution in [1.82, 2.24) is 4.90 Å². The first-order chi connectivity index (χ1) is 13.5. The lowest BCUT2D eigenvalue weighted by molar-refractivity contribution is -0.116. The van der Waals surface area contributed by atoms with E-state index in [2.05, 4.69) is 5.32 Å². The number of halogens is 2. The molecule has 0 spiro atoms. The summed E-state index contributed by atoms with van der Waals surface area (Å²) >= 11 is 16.0. The number of benzene rings is 2. The molecule has 1 aliphatic rings. The van der Waals surface area contributed by atoms with Crippen LogP contribution in [-0.4, -0.2) is 41.8 Å². The van der Waals surface area contributed by atoms with Crippen LogP contribution in [0.25, 0.3) is 0 Å². The molecule has 28 heavy (non-hydrogen) atoms. The van der Waals surface area contributed by atoms with E-state index in [0.717, 1.165) is 0 Å². The van der Waals surface area contributed by atoms with E-state index in [1.54, 1.807) is 25.2 Å². The Balaban J connectivity index is 1.60. The van der Waals surface area contributed by atoms with Gasteiger partial charge < -0.3 is 10.2 Å². The van der Waals surface area contributed by atoms with Gasteiger partial charge in [0.15, 0.2) is 0 Å². The number of carbonyl (C=O) groups is 2. The second kappa shape index (κ2) is 9.92. The van der Waals surface area contributed by atoms with Gasteiger partial charge in [-0.3, -0.25) is 9.59 Å². The summed E-state index contributed by atoms with van der Waals surface area (Å²) < 4.78 is 0.432. The Labute approximate surface area is 183 Å². The van der Waals surface area contributed by atoms with Crippen LogP contribution in [-0.2, 0) is 4.79 Å². The summed E-state index contributed by atoms with van der Waals surface area (Å²) in [7, 11) is 1.59. The van der Waals surface area contributed by atoms with E-state index >= 15 is 0 Å². The first kappa shape index (κ1) is 21.4. The molecule has 1 heterocycles. The molecule has 0 aliphatic carbocycles. The molecule has 2 aromatic carbocycles. The third-order valence-electron chi connectivity index (χ3n) is 4.21. The molecule has 2 aromatic rings. The fraction of sp³-hybridized carbons (Fsp3) is 0.300. The largest absolute Gasteiger partial charge is 0.332 e. The van der Waals surface area contributed by atoms with Gasteiger partial charge >= 0.3 is 0 Å². The van der Waals surface area contributed by atoms with Crippen molar-refractivity contribution in [2.45, 2.75) is 11.0 Å². The van der Waals surface area contributed by atoms with E-state index in [9.17, 15) is 9.59 Å². The first-order valence-electron chi connectivity index (χ1n) is 8.78. The van der Waals surface area contributed by atoms with Crippen LogP contribution in [0.15, 0.2) is 42.5 Å². The van der Waals surface area contributed by atoms with E-state index in [1.807, 2.05) is 47.8 Å². The Morgan fingerprint density at radius 1 is 1.07 bits per heavy atom. The van der Waals surface area contributed by atoms with E-state index in [4.69, 9.17) is 23.2 Å². The summed E-state index contributed by atoms with van der Waals surface area (Å²) in [6.45, 7) is -0.101. The van der Waals surface area contributed by atoms with Crippen molar-refractivity contribution >= 4 is 64.2 Å². The minimum Gasteiger partial charge on any atom is -0.332 e. The van der Waals surface area contributed by atoms with Gasteiger partial charge in [-0.1, -0.05) is 41.4 Å². The van der Waals surface area contributed by atoms with E-state index in [0.29, 0.717) is 25.9 Å². The number of amides is 2. The number of nitrogens with zero attached hydrogens (tertiary/aromatic N) is 1. The lowest BCUT2D eigenvalue weighted by Crippen LogP contribution is -2.35. The van der Waals surface area contributed by atoms with Gasteiger partial charge in [0.2, 0.25) is 5.91 Å². The minimum absolute atomic E-state index is 0.101. The number of thioether (sulfide) groups is 2. The molecule has 148 valence electrons. The van der Waals surface area contributed by atoms with Gasteiger partial charge in [-0.25, -0.2) is 0 Å². The zero-order chi connectivity index (χ0) is 20.1. The summed E-state index contributed by atoms with van der Waals surface area (Å²) in [6, 6.07) is 12.6. The van der Waals surface area contributed by atoms with Crippen LogP contribution < -0.4 is 5.32 Å². The maximum atomic E-state index is 12.6. The van der Waals surface area contributed by atoms with Crippen LogP contribution >= 0.6 is 46.7 Å². The first-order valence-corrected chi connectivity index (χ1v) is 11.6. The number of hydrogen-bond acceptors (Lipinski definition) is 4. The Kier molecular flexibility index (Phi) is 7.57. The molecule has 0 bridgehead atoms. The summed E-state index contributed by atoms with van der Waals surface area (Å²) in [5.74, 6) is 1.77. The molecule has 1 fully saturated rings. The average molecular weight is 455 g/mol. The SMILES string of the molecule is CN(CC(=O)Nc1c(Cl)cccc1Cl)C(=O)c1ccc(C2SCCCS2)cc1. The Bertz CT molecular complexity index is 836. The molecule has 4 nitrogen and oxygen atoms in total. The lowest BCUT2D eigenvalue weighted by Gasteiger charge is -2.22. The van der Waals surface area contributed by atoms with E-state index < -0.39 is 0 Å². The normalized spacial score (nSPS) is 14.5. The van der Waals surface area contributed by atoms with Crippen LogP contribution in [0.5, 0.6) is 0 Å². The average Bonchev–Trinajstić information content (AvgIpc) is 2.71. The summed E-state index contributed by atoms with van der Waals surface area (Å²) in [4.78, 5) is 26.3. The highest BCUT2D eigenvalue weighted by atomic mass is 35.5. The molecular weight excluding hydrogens is 435 g/mol. The summed E-state index contributed by atoms with van der Waals surface area (Å²) in [5, 5.41) is 3.37. The number of nitrogens with one attached hydrogen (secondary N) is 1. The van der Waals surface area contributed by atoms with Crippen molar-refractivity contribution in [3.63, 3.8) is 0 Å². The minimum atomic E-state index is -0.363. The molecule has 1 saturated heterocycles. The van der Waals surface area contributed by atoms with Gasteiger partial charge in [0.05, 0.1) is 26.9 Å². The Hall–Kier alpha value is -1.34. The maximum Gasteiger partial charge on any atom is 0.254 e. The molecule has 1 N–H and O–H groups in total. The number of hydrogen-bond donors (Lipinski definition) is 1. The zero-order valence-electron chi connectivity index (χ0n) is 15.3. The van der Waals surface area contributed by atoms with Crippen molar-refractivity contribution < 1.29 is 9.59 Å². The maximum absolute atomic E-state index is 12.6. The summed E-state index contributed by atoms with van der Waals surface area (Å²) in [6.07, 6.45) is 1.24. The third kappa shape index (κ3) is 5.38. The molecule has 8 heteroatoms. The van der Waals surface area contributed by atoms with E-state index in [-0.39, 0.29) is 18.4 Å². The lowest BCUT2D eigenvalue weighted by atomic mass is 10.1. The molecular formula is C20H20Cl2N2O2S2. The van der Waals surface area contributed by atoms with Crippen LogP contribution in [0.4, 0.5) is 5.69 Å². The molecule has 0 aromatic heterocycles. The third-order valence-corrected chi connectivity index (χ3v) is 7.86. The fourth-order valence-corrected chi connectivity index (χ4v) is 6.15. The van der Waals surface area contributed by atoms with Crippen molar-refractivity contribution in [2.75, 3.05) is 30.4 Å². The Morgan fingerprint density at radius 3 is 2.29 bits per heavy atom. The van der Waals surface area contributed by atoms with Crippen LogP contribution in [0, 0.1) is 0 Å². The second-order valence-electron chi connectivity index (χ2n) is 6.36. The predicted molar refractivity (Wildman–Crippen MR) is 121 cm³/mol. The number of likely N-dealkylation sites (N-methyl/N-ethyl adjacent to an activating group) is 1. The highest BCUT2D eigenvalue weighted by Crippen LogP contribution is 2.43. The fourth-order valence-electron chi connectivity index (χ4n) is 2.77. The quantitative estimate of drug-likeness (QED) is 0.640. The van der Waals surface area contributed by atoms with Crippen molar-refractivity contribution in [1.29, 1.82) is 0 Å². The number of anilines is 1. The van der Waals surface area contributed by atoms with Crippen LogP contribution in [0.2, 0.25) is 10.0 Å². The predicted octanol–water partition coefficient (Wildman–Crippen LogP) is 5.57. The monoisotopic (exact) mass is 454 g/mol. The second-order valence-corrected chi connectivity index (χ2v) is 9.89. The standard InChI is InChI=1S/C20H20Cl2N2O2S2/c1-24(12-17(25)23-18-15(21)4-2-5-16(18)22)19(26)13-6-8-14(9-7-13)20-27-10-3-11-28-20/h2,4-9,20H,3,10-12H2,1H3,(H,23,25). The zero-order valence-corrected chi connectivity index (χ0v) is 18.4. The van der Waals surface area contributed by atoms with Crippen molar-refractivity contribution in [3.8, 4) is 0 Å². The van der Waals surface area contributed by atoms with Crippen LogP contribution in [0.1, 0.15) is 26.9 Å². The van der Waals surface area contributed by atoms with Gasteiger partial charge in [0.25, 0.3) is 5.91 Å². The highest BCUT2D eigenvalue weighted by molar-refractivity contribution is 8.16. The molecule has 0 atom stereocenters. The number of para-hydroxylation sites is 1. The van der Waals surface area contributed by atoms with Gasteiger partial charge in [0.1, 0.15) is 0 Å². The molecule has 1 aliphatic heterocycles. The molecule has 3 rings (SSSR count). The van der Waals surface area contributed by atoms with Gasteiger partial charge in [-0.05, 0) is 47.8 Å². The van der Waals surface area contributed by atoms with Gasteiger partial charge in [-0.15, -0.1) is 23.5 Å². The topological polar surface area (TPSA) is 49.4 Å². The molecule has 2 amide bonds. The Morgan fingerprint density at radius 2 is 1.68 bits per heavy atom. The van der Waals surface area contributed by atoms with Crippen molar-refractivity contribution in [3.05, 3.63) is 63.6 Å². The summed E-state index contributed by atoms with van der Waals surface area (Å²) in [5.41, 5.74) is 2.13. The molecule has 0 unspecified atom stereocenters. The molecule has 0 radical (unpaired) electrons. The highest BCUT2D eigenvalue weighted by Gasteiger charge is 2.19. The number of carbonyl (C=O) groups excluding carboxylic acids is 2.